The first-order valence-corrected chi connectivity index (χ1v) is 5.36. The molecule has 5 heteroatoms. The molecule has 1 aromatic heterocycles. The Morgan fingerprint density at radius 1 is 1.53 bits per heavy atom. The molecular formula is C10H14N4O. The summed E-state index contributed by atoms with van der Waals surface area (Å²) in [6, 6.07) is 0.270. The lowest BCUT2D eigenvalue weighted by molar-refractivity contribution is -0.119. The van der Waals surface area contributed by atoms with Crippen molar-refractivity contribution in [2.24, 2.45) is 0 Å². The van der Waals surface area contributed by atoms with Gasteiger partial charge < -0.3 is 15.2 Å². The Balaban J connectivity index is 1.91. The summed E-state index contributed by atoms with van der Waals surface area (Å²) < 4.78 is 2.17. The van der Waals surface area contributed by atoms with E-state index in [4.69, 9.17) is 0 Å². The van der Waals surface area contributed by atoms with Crippen LogP contribution in [0.25, 0.3) is 0 Å². The molecule has 3 rings (SSSR count). The number of aromatic nitrogens is 2. The lowest BCUT2D eigenvalue weighted by Gasteiger charge is -2.18. The van der Waals surface area contributed by atoms with Gasteiger partial charge in [0.05, 0.1) is 18.1 Å². The maximum Gasteiger partial charge on any atom is 0.222 e. The Morgan fingerprint density at radius 3 is 3.27 bits per heavy atom. The number of imidazole rings is 1. The summed E-state index contributed by atoms with van der Waals surface area (Å²) in [4.78, 5) is 15.5. The minimum absolute atomic E-state index is 0.149. The van der Waals surface area contributed by atoms with E-state index in [1.807, 2.05) is 6.33 Å². The van der Waals surface area contributed by atoms with Gasteiger partial charge in [-0.15, -0.1) is 0 Å². The van der Waals surface area contributed by atoms with E-state index in [1.54, 1.807) is 0 Å². The maximum atomic E-state index is 11.2. The largest absolute Gasteiger partial charge is 0.354 e. The minimum Gasteiger partial charge on any atom is -0.354 e. The number of hydrogen-bond donors (Lipinski definition) is 2. The molecule has 1 unspecified atom stereocenters. The number of rotatable bonds is 1. The van der Waals surface area contributed by atoms with Crippen LogP contribution in [0.1, 0.15) is 23.9 Å². The standard InChI is InChI=1S/C10H14N4O/c15-10-3-7(4-12-10)14-6-13-8-5-11-2-1-9(8)14/h6-7,11H,1-5H2,(H,12,15). The van der Waals surface area contributed by atoms with E-state index < -0.39 is 0 Å². The molecule has 1 atom stereocenters. The first kappa shape index (κ1) is 8.91. The highest BCUT2D eigenvalue weighted by atomic mass is 16.1. The Kier molecular flexibility index (Phi) is 1.98. The molecule has 1 fully saturated rings. The molecule has 1 aromatic rings. The van der Waals surface area contributed by atoms with Gasteiger partial charge in [0.15, 0.2) is 0 Å². The molecular weight excluding hydrogens is 192 g/mol. The van der Waals surface area contributed by atoms with Gasteiger partial charge in [-0.25, -0.2) is 4.98 Å². The second-order valence-corrected chi connectivity index (χ2v) is 4.13. The average Bonchev–Trinajstić information content (AvgIpc) is 2.83. The number of carbonyl (C=O) groups excluding carboxylic acids is 1. The fraction of sp³-hybridized carbons (Fsp3) is 0.600. The van der Waals surface area contributed by atoms with Crippen molar-refractivity contribution in [1.82, 2.24) is 20.2 Å². The van der Waals surface area contributed by atoms with E-state index in [1.165, 1.54) is 5.69 Å². The molecule has 15 heavy (non-hydrogen) atoms. The van der Waals surface area contributed by atoms with E-state index in [0.717, 1.165) is 31.7 Å². The first-order valence-electron chi connectivity index (χ1n) is 5.36. The van der Waals surface area contributed by atoms with Gasteiger partial charge in [-0.2, -0.15) is 0 Å². The highest BCUT2D eigenvalue weighted by molar-refractivity contribution is 5.78. The van der Waals surface area contributed by atoms with E-state index >= 15 is 0 Å². The maximum absolute atomic E-state index is 11.2. The highest BCUT2D eigenvalue weighted by Crippen LogP contribution is 2.22. The van der Waals surface area contributed by atoms with Crippen LogP contribution in [-0.4, -0.2) is 28.5 Å². The number of nitrogens with zero attached hydrogens (tertiary/aromatic N) is 2. The molecule has 80 valence electrons. The molecule has 1 saturated heterocycles. The number of hydrogen-bond acceptors (Lipinski definition) is 3. The van der Waals surface area contributed by atoms with Crippen LogP contribution >= 0.6 is 0 Å². The highest BCUT2D eigenvalue weighted by Gasteiger charge is 2.26. The van der Waals surface area contributed by atoms with Crippen molar-refractivity contribution in [3.63, 3.8) is 0 Å². The predicted molar refractivity (Wildman–Crippen MR) is 54.3 cm³/mol. The fourth-order valence-corrected chi connectivity index (χ4v) is 2.36. The van der Waals surface area contributed by atoms with E-state index in [0.29, 0.717) is 6.42 Å². The molecule has 0 spiro atoms. The van der Waals surface area contributed by atoms with Crippen molar-refractivity contribution in [1.29, 1.82) is 0 Å². The van der Waals surface area contributed by atoms with Crippen LogP contribution in [0.5, 0.6) is 0 Å². The summed E-state index contributed by atoms with van der Waals surface area (Å²) in [7, 11) is 0. The van der Waals surface area contributed by atoms with Gasteiger partial charge in [-0.1, -0.05) is 0 Å². The number of carbonyl (C=O) groups is 1. The second-order valence-electron chi connectivity index (χ2n) is 4.13. The molecule has 2 N–H and O–H groups in total. The summed E-state index contributed by atoms with van der Waals surface area (Å²) in [5.74, 6) is 0.149. The van der Waals surface area contributed by atoms with Crippen LogP contribution in [0.2, 0.25) is 0 Å². The monoisotopic (exact) mass is 206 g/mol. The van der Waals surface area contributed by atoms with Gasteiger partial charge in [0.25, 0.3) is 0 Å². The Hall–Kier alpha value is -1.36. The van der Waals surface area contributed by atoms with Crippen LogP contribution in [0.3, 0.4) is 0 Å². The van der Waals surface area contributed by atoms with Crippen LogP contribution in [0, 0.1) is 0 Å². The minimum atomic E-state index is 0.149. The van der Waals surface area contributed by atoms with E-state index in [9.17, 15) is 4.79 Å². The van der Waals surface area contributed by atoms with Crippen LogP contribution < -0.4 is 10.6 Å². The first-order chi connectivity index (χ1) is 7.34. The zero-order chi connectivity index (χ0) is 10.3. The third-order valence-electron chi connectivity index (χ3n) is 3.16. The summed E-state index contributed by atoms with van der Waals surface area (Å²) in [6.07, 6.45) is 3.48. The molecule has 2 aliphatic heterocycles. The lowest BCUT2D eigenvalue weighted by Crippen LogP contribution is -2.26. The average molecular weight is 206 g/mol. The van der Waals surface area contributed by atoms with Crippen molar-refractivity contribution < 1.29 is 4.79 Å². The lowest BCUT2D eigenvalue weighted by atomic mass is 10.1. The van der Waals surface area contributed by atoms with Gasteiger partial charge in [-0.05, 0) is 0 Å². The van der Waals surface area contributed by atoms with Crippen molar-refractivity contribution in [2.75, 3.05) is 13.1 Å². The van der Waals surface area contributed by atoms with Crippen LogP contribution in [0.15, 0.2) is 6.33 Å². The summed E-state index contributed by atoms with van der Waals surface area (Å²) in [6.45, 7) is 2.61. The van der Waals surface area contributed by atoms with Crippen LogP contribution in [0.4, 0.5) is 0 Å². The third-order valence-corrected chi connectivity index (χ3v) is 3.16. The number of amides is 1. The Morgan fingerprint density at radius 2 is 2.47 bits per heavy atom. The SMILES string of the molecule is O=C1CC(n2cnc3c2CCNC3)CN1. The van der Waals surface area contributed by atoms with Crippen LogP contribution in [-0.2, 0) is 17.8 Å². The smallest absolute Gasteiger partial charge is 0.222 e. The molecule has 0 aromatic carbocycles. The molecule has 3 heterocycles. The second kappa shape index (κ2) is 3.34. The van der Waals surface area contributed by atoms with Gasteiger partial charge in [0.2, 0.25) is 5.91 Å². The van der Waals surface area contributed by atoms with Crippen molar-refractivity contribution in [3.05, 3.63) is 17.7 Å². The summed E-state index contributed by atoms with van der Waals surface area (Å²) >= 11 is 0. The molecule has 0 saturated carbocycles. The zero-order valence-corrected chi connectivity index (χ0v) is 8.49. The molecule has 0 radical (unpaired) electrons. The van der Waals surface area contributed by atoms with Gasteiger partial charge in [0.1, 0.15) is 0 Å². The Labute approximate surface area is 87.9 Å². The van der Waals surface area contributed by atoms with Gasteiger partial charge >= 0.3 is 0 Å². The molecule has 5 nitrogen and oxygen atoms in total. The normalized spacial score (nSPS) is 25.1. The number of nitrogens with one attached hydrogen (secondary N) is 2. The molecule has 0 aliphatic carbocycles. The topological polar surface area (TPSA) is 59.0 Å². The fourth-order valence-electron chi connectivity index (χ4n) is 2.36. The van der Waals surface area contributed by atoms with Crippen molar-refractivity contribution in [2.45, 2.75) is 25.4 Å². The quantitative estimate of drug-likeness (QED) is 0.656. The van der Waals surface area contributed by atoms with Gasteiger partial charge in [-0.3, -0.25) is 4.79 Å². The predicted octanol–water partition coefficient (Wildman–Crippen LogP) is -0.410. The summed E-state index contributed by atoms with van der Waals surface area (Å²) in [5.41, 5.74) is 2.44. The number of fused-ring (bicyclic) bond motifs is 1. The summed E-state index contributed by atoms with van der Waals surface area (Å²) in [5, 5.41) is 6.16. The third kappa shape index (κ3) is 1.43. The van der Waals surface area contributed by atoms with Crippen molar-refractivity contribution >= 4 is 5.91 Å². The van der Waals surface area contributed by atoms with E-state index in [-0.39, 0.29) is 11.9 Å². The zero-order valence-electron chi connectivity index (χ0n) is 8.49. The Bertz CT molecular complexity index is 398. The van der Waals surface area contributed by atoms with Crippen molar-refractivity contribution in [3.8, 4) is 0 Å². The van der Waals surface area contributed by atoms with Gasteiger partial charge in [0, 0.05) is 38.2 Å². The molecule has 0 bridgehead atoms. The van der Waals surface area contributed by atoms with E-state index in [2.05, 4.69) is 20.2 Å². The molecule has 1 amide bonds. The molecule has 2 aliphatic rings.